The predicted molar refractivity (Wildman–Crippen MR) is 53.7 cm³/mol. The molecule has 1 atom stereocenters. The van der Waals surface area contributed by atoms with Gasteiger partial charge in [0, 0.05) is 24.4 Å². The first kappa shape index (κ1) is 9.19. The minimum Gasteiger partial charge on any atom is -0.351 e. The zero-order valence-corrected chi connectivity index (χ0v) is 8.29. The van der Waals surface area contributed by atoms with Crippen LogP contribution in [0, 0.1) is 0 Å². The molecule has 1 saturated heterocycles. The molecular weight excluding hydrogens is 176 g/mol. The van der Waals surface area contributed by atoms with Crippen LogP contribution in [0.5, 0.6) is 0 Å². The van der Waals surface area contributed by atoms with E-state index in [2.05, 4.69) is 17.2 Å². The molecule has 3 heteroatoms. The molecule has 0 saturated carbocycles. The monoisotopic (exact) mass is 190 g/mol. The number of nitrogens with zero attached hydrogens (tertiary/aromatic N) is 1. The number of amides is 1. The normalized spacial score (nSPS) is 26.2. The summed E-state index contributed by atoms with van der Waals surface area (Å²) >= 11 is 0. The summed E-state index contributed by atoms with van der Waals surface area (Å²) in [4.78, 5) is 15.2. The first-order chi connectivity index (χ1) is 6.68. The average molecular weight is 190 g/mol. The predicted octanol–water partition coefficient (Wildman–Crippen LogP) is 1.29. The van der Waals surface area contributed by atoms with Crippen molar-refractivity contribution in [2.75, 3.05) is 0 Å². The number of aromatic nitrogens is 1. The lowest BCUT2D eigenvalue weighted by Crippen LogP contribution is -2.40. The van der Waals surface area contributed by atoms with Crippen molar-refractivity contribution in [1.82, 2.24) is 10.3 Å². The fraction of sp³-hybridized carbons (Fsp3) is 0.455. The highest BCUT2D eigenvalue weighted by atomic mass is 16.2. The van der Waals surface area contributed by atoms with E-state index >= 15 is 0 Å². The molecule has 74 valence electrons. The number of hydrogen-bond donors (Lipinski definition) is 1. The van der Waals surface area contributed by atoms with Crippen molar-refractivity contribution in [2.45, 2.75) is 31.7 Å². The van der Waals surface area contributed by atoms with Crippen LogP contribution in [0.4, 0.5) is 0 Å². The number of hydrogen-bond acceptors (Lipinski definition) is 2. The highest BCUT2D eigenvalue weighted by molar-refractivity contribution is 5.79. The van der Waals surface area contributed by atoms with Gasteiger partial charge in [-0.1, -0.05) is 6.07 Å². The Hall–Kier alpha value is -1.38. The van der Waals surface area contributed by atoms with E-state index in [-0.39, 0.29) is 11.4 Å². The van der Waals surface area contributed by atoms with Crippen molar-refractivity contribution in [1.29, 1.82) is 0 Å². The molecule has 1 aromatic rings. The molecule has 1 amide bonds. The van der Waals surface area contributed by atoms with Crippen molar-refractivity contribution >= 4 is 5.91 Å². The third kappa shape index (κ3) is 1.92. The highest BCUT2D eigenvalue weighted by Gasteiger charge is 2.32. The lowest BCUT2D eigenvalue weighted by molar-refractivity contribution is -0.119. The van der Waals surface area contributed by atoms with Crippen LogP contribution in [-0.4, -0.2) is 16.4 Å². The molecule has 0 spiro atoms. The maximum absolute atomic E-state index is 11.1. The molecule has 0 aliphatic carbocycles. The second-order valence-electron chi connectivity index (χ2n) is 4.15. The zero-order valence-electron chi connectivity index (χ0n) is 8.29. The lowest BCUT2D eigenvalue weighted by Gasteiger charge is -2.23. The summed E-state index contributed by atoms with van der Waals surface area (Å²) in [7, 11) is 0. The second-order valence-corrected chi connectivity index (χ2v) is 4.15. The van der Waals surface area contributed by atoms with Crippen molar-refractivity contribution in [3.05, 3.63) is 30.1 Å². The first-order valence-corrected chi connectivity index (χ1v) is 4.88. The standard InChI is InChI=1S/C11H14N2O/c1-11(5-4-10(14)13-11)7-9-3-2-6-12-8-9/h2-3,6,8H,4-5,7H2,1H3,(H,13,14). The van der Waals surface area contributed by atoms with Gasteiger partial charge in [-0.3, -0.25) is 9.78 Å². The maximum Gasteiger partial charge on any atom is 0.220 e. The fourth-order valence-electron chi connectivity index (χ4n) is 1.94. The number of carbonyl (C=O) groups excluding carboxylic acids is 1. The Labute approximate surface area is 83.5 Å². The first-order valence-electron chi connectivity index (χ1n) is 4.88. The quantitative estimate of drug-likeness (QED) is 0.763. The van der Waals surface area contributed by atoms with E-state index in [1.165, 1.54) is 5.56 Å². The second kappa shape index (κ2) is 3.40. The molecule has 1 aliphatic rings. The minimum absolute atomic E-state index is 0.0693. The molecule has 3 nitrogen and oxygen atoms in total. The van der Waals surface area contributed by atoms with Crippen LogP contribution < -0.4 is 5.32 Å². The van der Waals surface area contributed by atoms with Crippen LogP contribution in [-0.2, 0) is 11.2 Å². The van der Waals surface area contributed by atoms with E-state index in [1.807, 2.05) is 18.3 Å². The zero-order chi connectivity index (χ0) is 10.0. The molecule has 0 radical (unpaired) electrons. The van der Waals surface area contributed by atoms with Crippen molar-refractivity contribution in [2.24, 2.45) is 0 Å². The van der Waals surface area contributed by atoms with Crippen molar-refractivity contribution < 1.29 is 4.79 Å². The van der Waals surface area contributed by atoms with Gasteiger partial charge in [0.25, 0.3) is 0 Å². The summed E-state index contributed by atoms with van der Waals surface area (Å²) in [6, 6.07) is 3.97. The third-order valence-electron chi connectivity index (χ3n) is 2.66. The Morgan fingerprint density at radius 1 is 1.64 bits per heavy atom. The van der Waals surface area contributed by atoms with Gasteiger partial charge >= 0.3 is 0 Å². The van der Waals surface area contributed by atoms with Crippen LogP contribution in [0.25, 0.3) is 0 Å². The van der Waals surface area contributed by atoms with Crippen molar-refractivity contribution in [3.8, 4) is 0 Å². The fourth-order valence-corrected chi connectivity index (χ4v) is 1.94. The number of pyridine rings is 1. The minimum atomic E-state index is -0.0693. The Morgan fingerprint density at radius 3 is 3.07 bits per heavy atom. The van der Waals surface area contributed by atoms with Crippen molar-refractivity contribution in [3.63, 3.8) is 0 Å². The molecule has 1 aromatic heterocycles. The number of nitrogens with one attached hydrogen (secondary N) is 1. The van der Waals surface area contributed by atoms with Crippen LogP contribution in [0.2, 0.25) is 0 Å². The smallest absolute Gasteiger partial charge is 0.220 e. The Balaban J connectivity index is 2.08. The van der Waals surface area contributed by atoms with Gasteiger partial charge in [0.05, 0.1) is 0 Å². The lowest BCUT2D eigenvalue weighted by atomic mass is 9.92. The summed E-state index contributed by atoms with van der Waals surface area (Å²) in [5, 5.41) is 3.01. The topological polar surface area (TPSA) is 42.0 Å². The van der Waals surface area contributed by atoms with Gasteiger partial charge < -0.3 is 5.32 Å². The van der Waals surface area contributed by atoms with Gasteiger partial charge in [-0.25, -0.2) is 0 Å². The average Bonchev–Trinajstić information content (AvgIpc) is 2.47. The molecule has 0 bridgehead atoms. The third-order valence-corrected chi connectivity index (χ3v) is 2.66. The molecule has 14 heavy (non-hydrogen) atoms. The number of carbonyl (C=O) groups is 1. The summed E-state index contributed by atoms with van der Waals surface area (Å²) < 4.78 is 0. The Kier molecular flexibility index (Phi) is 2.23. The van der Waals surface area contributed by atoms with E-state index in [9.17, 15) is 4.79 Å². The summed E-state index contributed by atoms with van der Waals surface area (Å²) in [6.45, 7) is 2.09. The van der Waals surface area contributed by atoms with Gasteiger partial charge in [-0.15, -0.1) is 0 Å². The summed E-state index contributed by atoms with van der Waals surface area (Å²) in [5.41, 5.74) is 1.11. The van der Waals surface area contributed by atoms with Crippen LogP contribution in [0.1, 0.15) is 25.3 Å². The Bertz CT molecular complexity index is 336. The van der Waals surface area contributed by atoms with E-state index in [4.69, 9.17) is 0 Å². The molecule has 1 fully saturated rings. The van der Waals surface area contributed by atoms with Crippen LogP contribution in [0.15, 0.2) is 24.5 Å². The van der Waals surface area contributed by atoms with Crippen LogP contribution >= 0.6 is 0 Å². The molecule has 1 N–H and O–H groups in total. The van der Waals surface area contributed by atoms with Crippen LogP contribution in [0.3, 0.4) is 0 Å². The summed E-state index contributed by atoms with van der Waals surface area (Å²) in [5.74, 6) is 0.163. The Morgan fingerprint density at radius 2 is 2.50 bits per heavy atom. The highest BCUT2D eigenvalue weighted by Crippen LogP contribution is 2.23. The van der Waals surface area contributed by atoms with Gasteiger partial charge in [0.1, 0.15) is 0 Å². The maximum atomic E-state index is 11.1. The largest absolute Gasteiger partial charge is 0.351 e. The molecule has 2 heterocycles. The summed E-state index contributed by atoms with van der Waals surface area (Å²) in [6.07, 6.45) is 6.05. The molecule has 1 unspecified atom stereocenters. The SMILES string of the molecule is CC1(Cc2cccnc2)CCC(=O)N1. The molecule has 0 aromatic carbocycles. The van der Waals surface area contributed by atoms with Gasteiger partial charge in [-0.05, 0) is 31.4 Å². The molecule has 2 rings (SSSR count). The van der Waals surface area contributed by atoms with E-state index in [0.29, 0.717) is 6.42 Å². The number of rotatable bonds is 2. The molecule has 1 aliphatic heterocycles. The van der Waals surface area contributed by atoms with E-state index in [1.54, 1.807) is 6.20 Å². The molecular formula is C11H14N2O. The van der Waals surface area contributed by atoms with E-state index in [0.717, 1.165) is 12.8 Å². The van der Waals surface area contributed by atoms with E-state index < -0.39 is 0 Å². The van der Waals surface area contributed by atoms with Gasteiger partial charge in [0.2, 0.25) is 5.91 Å². The van der Waals surface area contributed by atoms with Gasteiger partial charge in [-0.2, -0.15) is 0 Å². The van der Waals surface area contributed by atoms with Gasteiger partial charge in [0.15, 0.2) is 0 Å².